The first-order valence-electron chi connectivity index (χ1n) is 7.18. The van der Waals surface area contributed by atoms with Gasteiger partial charge in [-0.05, 0) is 18.4 Å². The van der Waals surface area contributed by atoms with Crippen LogP contribution in [-0.4, -0.2) is 27.4 Å². The Hall–Kier alpha value is -0.513. The van der Waals surface area contributed by atoms with E-state index in [1.54, 1.807) is 0 Å². The summed E-state index contributed by atoms with van der Waals surface area (Å²) in [5.74, 6) is 0.481. The number of ether oxygens (including phenoxy) is 2. The lowest BCUT2D eigenvalue weighted by Crippen LogP contribution is -2.23. The smallest absolute Gasteiger partial charge is 0.435 e. The van der Waals surface area contributed by atoms with E-state index in [0.717, 1.165) is 18.9 Å². The van der Waals surface area contributed by atoms with Crippen molar-refractivity contribution in [1.82, 2.24) is 0 Å². The Labute approximate surface area is 113 Å². The summed E-state index contributed by atoms with van der Waals surface area (Å²) in [5, 5.41) is 0. The van der Waals surface area contributed by atoms with Gasteiger partial charge in [0.1, 0.15) is 0 Å². The lowest BCUT2D eigenvalue weighted by molar-refractivity contribution is 0.0457. The Morgan fingerprint density at radius 3 is 2.33 bits per heavy atom. The quantitative estimate of drug-likeness (QED) is 0.452. The summed E-state index contributed by atoms with van der Waals surface area (Å²) in [6.07, 6.45) is 4.09. The van der Waals surface area contributed by atoms with Crippen molar-refractivity contribution >= 4 is 14.2 Å². The molecular formula is C14H30O3Si. The van der Waals surface area contributed by atoms with Crippen LogP contribution in [-0.2, 0) is 9.47 Å². The van der Waals surface area contributed by atoms with Gasteiger partial charge in [-0.2, -0.15) is 0 Å². The maximum atomic E-state index is 11.4. The summed E-state index contributed by atoms with van der Waals surface area (Å²) in [4.78, 5) is 11.4. The molecule has 1 atom stereocenters. The van der Waals surface area contributed by atoms with Gasteiger partial charge in [0.15, 0.2) is 0 Å². The molecule has 0 amide bonds. The van der Waals surface area contributed by atoms with Crippen LogP contribution in [0.1, 0.15) is 39.5 Å². The highest BCUT2D eigenvalue weighted by molar-refractivity contribution is 6.76. The minimum atomic E-state index is -1.13. The third kappa shape index (κ3) is 10.6. The molecule has 0 aromatic heterocycles. The van der Waals surface area contributed by atoms with E-state index in [1.165, 1.54) is 12.8 Å². The summed E-state index contributed by atoms with van der Waals surface area (Å²) in [6, 6.07) is 0.995. The van der Waals surface area contributed by atoms with E-state index in [2.05, 4.69) is 33.5 Å². The predicted molar refractivity (Wildman–Crippen MR) is 78.8 cm³/mol. The summed E-state index contributed by atoms with van der Waals surface area (Å²) >= 11 is 0. The molecule has 0 saturated heterocycles. The van der Waals surface area contributed by atoms with E-state index in [9.17, 15) is 4.79 Å². The average molecular weight is 274 g/mol. The largest absolute Gasteiger partial charge is 0.508 e. The summed E-state index contributed by atoms with van der Waals surface area (Å²) in [6.45, 7) is 12.1. The maximum absolute atomic E-state index is 11.4. The van der Waals surface area contributed by atoms with Crippen molar-refractivity contribution in [3.63, 3.8) is 0 Å². The van der Waals surface area contributed by atoms with Gasteiger partial charge in [-0.1, -0.05) is 52.8 Å². The van der Waals surface area contributed by atoms with Gasteiger partial charge in [0, 0.05) is 8.07 Å². The highest BCUT2D eigenvalue weighted by Crippen LogP contribution is 2.13. The van der Waals surface area contributed by atoms with E-state index in [1.807, 2.05) is 0 Å². The number of carbonyl (C=O) groups excluding carboxylic acids is 1. The number of unbranched alkanes of at least 4 members (excludes halogenated alkanes) is 1. The highest BCUT2D eigenvalue weighted by atomic mass is 28.3. The summed E-state index contributed by atoms with van der Waals surface area (Å²) in [7, 11) is -1.13. The van der Waals surface area contributed by atoms with E-state index < -0.39 is 14.2 Å². The molecule has 0 aliphatic carbocycles. The van der Waals surface area contributed by atoms with Crippen LogP contribution >= 0.6 is 0 Å². The van der Waals surface area contributed by atoms with Gasteiger partial charge in [0.2, 0.25) is 0 Å². The molecule has 0 bridgehead atoms. The van der Waals surface area contributed by atoms with Crippen LogP contribution in [0.2, 0.25) is 25.7 Å². The van der Waals surface area contributed by atoms with Gasteiger partial charge in [-0.3, -0.25) is 0 Å². The molecule has 0 aliphatic rings. The van der Waals surface area contributed by atoms with Crippen molar-refractivity contribution in [2.75, 3.05) is 13.2 Å². The molecule has 108 valence electrons. The topological polar surface area (TPSA) is 35.5 Å². The average Bonchev–Trinajstić information content (AvgIpc) is 2.27. The standard InChI is InChI=1S/C14H30O3Si/c1-6-8-9-13(7-2)12-17-14(15)16-10-11-18(3,4)5/h13H,6-12H2,1-5H3. The SMILES string of the molecule is CCCCC(CC)COC(=O)OCC[Si](C)(C)C. The number of rotatable bonds is 9. The van der Waals surface area contributed by atoms with Crippen LogP contribution in [0.3, 0.4) is 0 Å². The first kappa shape index (κ1) is 17.5. The number of hydrogen-bond acceptors (Lipinski definition) is 3. The van der Waals surface area contributed by atoms with Crippen LogP contribution in [0.4, 0.5) is 4.79 Å². The van der Waals surface area contributed by atoms with Crippen molar-refractivity contribution in [2.45, 2.75) is 65.2 Å². The Balaban J connectivity index is 3.68. The van der Waals surface area contributed by atoms with Crippen molar-refractivity contribution in [2.24, 2.45) is 5.92 Å². The molecule has 0 aromatic carbocycles. The van der Waals surface area contributed by atoms with Crippen molar-refractivity contribution in [1.29, 1.82) is 0 Å². The highest BCUT2D eigenvalue weighted by Gasteiger charge is 2.15. The van der Waals surface area contributed by atoms with E-state index in [0.29, 0.717) is 19.1 Å². The molecule has 0 spiro atoms. The van der Waals surface area contributed by atoms with Crippen LogP contribution < -0.4 is 0 Å². The first-order chi connectivity index (χ1) is 8.39. The van der Waals surface area contributed by atoms with Crippen LogP contribution in [0.5, 0.6) is 0 Å². The molecular weight excluding hydrogens is 244 g/mol. The molecule has 3 nitrogen and oxygen atoms in total. The molecule has 0 rings (SSSR count). The van der Waals surface area contributed by atoms with Gasteiger partial charge >= 0.3 is 6.16 Å². The molecule has 0 fully saturated rings. The Bertz CT molecular complexity index is 224. The fourth-order valence-electron chi connectivity index (χ4n) is 1.57. The predicted octanol–water partition coefficient (Wildman–Crippen LogP) is 4.69. The van der Waals surface area contributed by atoms with Gasteiger partial charge in [0.25, 0.3) is 0 Å². The fraction of sp³-hybridized carbons (Fsp3) is 0.929. The van der Waals surface area contributed by atoms with Gasteiger partial charge in [0.05, 0.1) is 13.2 Å². The minimum absolute atomic E-state index is 0.481. The summed E-state index contributed by atoms with van der Waals surface area (Å²) < 4.78 is 10.3. The number of hydrogen-bond donors (Lipinski definition) is 0. The Morgan fingerprint density at radius 2 is 1.83 bits per heavy atom. The third-order valence-electron chi connectivity index (χ3n) is 3.05. The fourth-order valence-corrected chi connectivity index (χ4v) is 2.28. The second-order valence-electron chi connectivity index (χ2n) is 6.14. The molecule has 0 radical (unpaired) electrons. The van der Waals surface area contributed by atoms with E-state index >= 15 is 0 Å². The second-order valence-corrected chi connectivity index (χ2v) is 11.8. The van der Waals surface area contributed by atoms with E-state index in [-0.39, 0.29) is 0 Å². The lowest BCUT2D eigenvalue weighted by atomic mass is 10.0. The molecule has 0 aliphatic heterocycles. The van der Waals surface area contributed by atoms with Crippen molar-refractivity contribution in [3.8, 4) is 0 Å². The zero-order chi connectivity index (χ0) is 14.0. The van der Waals surface area contributed by atoms with Crippen LogP contribution in [0.15, 0.2) is 0 Å². The monoisotopic (exact) mass is 274 g/mol. The van der Waals surface area contributed by atoms with Crippen LogP contribution in [0.25, 0.3) is 0 Å². The maximum Gasteiger partial charge on any atom is 0.508 e. The molecule has 0 saturated carbocycles. The lowest BCUT2D eigenvalue weighted by Gasteiger charge is -2.17. The molecule has 18 heavy (non-hydrogen) atoms. The van der Waals surface area contributed by atoms with Crippen molar-refractivity contribution in [3.05, 3.63) is 0 Å². The van der Waals surface area contributed by atoms with Gasteiger partial charge < -0.3 is 9.47 Å². The molecule has 0 aromatic rings. The zero-order valence-electron chi connectivity index (χ0n) is 12.8. The Morgan fingerprint density at radius 1 is 1.17 bits per heavy atom. The van der Waals surface area contributed by atoms with Crippen molar-refractivity contribution < 1.29 is 14.3 Å². The number of carbonyl (C=O) groups is 1. The van der Waals surface area contributed by atoms with E-state index in [4.69, 9.17) is 9.47 Å². The zero-order valence-corrected chi connectivity index (χ0v) is 13.8. The molecule has 0 heterocycles. The van der Waals surface area contributed by atoms with Crippen LogP contribution in [0, 0.1) is 5.92 Å². The molecule has 1 unspecified atom stereocenters. The summed E-state index contributed by atoms with van der Waals surface area (Å²) in [5.41, 5.74) is 0. The molecule has 0 N–H and O–H groups in total. The van der Waals surface area contributed by atoms with Gasteiger partial charge in [-0.25, -0.2) is 4.79 Å². The third-order valence-corrected chi connectivity index (χ3v) is 4.76. The Kier molecular flexibility index (Phi) is 9.15. The molecule has 4 heteroatoms. The van der Waals surface area contributed by atoms with Gasteiger partial charge in [-0.15, -0.1) is 0 Å². The first-order valence-corrected chi connectivity index (χ1v) is 10.9. The second kappa shape index (κ2) is 9.42. The normalized spacial score (nSPS) is 13.2. The minimum Gasteiger partial charge on any atom is -0.435 e.